The lowest BCUT2D eigenvalue weighted by molar-refractivity contribution is 0.222. The van der Waals surface area contributed by atoms with Gasteiger partial charge in [0.15, 0.2) is 11.9 Å². The highest BCUT2D eigenvalue weighted by molar-refractivity contribution is 5.82. The molecular formula is C10H9F5N2O. The summed E-state index contributed by atoms with van der Waals surface area (Å²) in [4.78, 5) is 0. The maximum atomic E-state index is 13.2. The third-order valence-corrected chi connectivity index (χ3v) is 2.15. The van der Waals surface area contributed by atoms with Gasteiger partial charge in [-0.15, -0.1) is 0 Å². The molecule has 1 aromatic carbocycles. The van der Waals surface area contributed by atoms with E-state index in [2.05, 4.69) is 4.74 Å². The zero-order chi connectivity index (χ0) is 14.0. The van der Waals surface area contributed by atoms with Crippen LogP contribution in [0, 0.1) is 34.5 Å². The van der Waals surface area contributed by atoms with Crippen LogP contribution in [-0.2, 0) is 0 Å². The van der Waals surface area contributed by atoms with Gasteiger partial charge in [-0.1, -0.05) is 6.92 Å². The Kier molecular flexibility index (Phi) is 4.10. The Hall–Kier alpha value is -1.86. The highest BCUT2D eigenvalue weighted by Crippen LogP contribution is 2.30. The van der Waals surface area contributed by atoms with Crippen molar-refractivity contribution in [2.24, 2.45) is 5.73 Å². The second kappa shape index (κ2) is 5.19. The third kappa shape index (κ3) is 2.36. The Bertz CT molecular complexity index is 463. The van der Waals surface area contributed by atoms with Crippen LogP contribution in [0.3, 0.4) is 0 Å². The fraction of sp³-hybridized carbons (Fsp3) is 0.300. The molecular weight excluding hydrogens is 259 g/mol. The van der Waals surface area contributed by atoms with Gasteiger partial charge in [0, 0.05) is 0 Å². The summed E-state index contributed by atoms with van der Waals surface area (Å²) in [5.74, 6) is -12.7. The van der Waals surface area contributed by atoms with E-state index >= 15 is 0 Å². The lowest BCUT2D eigenvalue weighted by Gasteiger charge is -2.17. The van der Waals surface area contributed by atoms with Crippen LogP contribution in [0.2, 0.25) is 0 Å². The molecule has 0 fully saturated rings. The molecule has 0 amide bonds. The van der Waals surface area contributed by atoms with Gasteiger partial charge in [0.1, 0.15) is 5.84 Å². The number of rotatable bonds is 4. The van der Waals surface area contributed by atoms with Gasteiger partial charge in [-0.05, 0) is 6.42 Å². The van der Waals surface area contributed by atoms with Crippen LogP contribution in [0.1, 0.15) is 13.3 Å². The molecule has 0 aliphatic rings. The number of nitrogens with two attached hydrogens (primary N) is 1. The number of hydrogen-bond donors (Lipinski definition) is 2. The van der Waals surface area contributed by atoms with Crippen LogP contribution in [0.25, 0.3) is 0 Å². The van der Waals surface area contributed by atoms with Crippen LogP contribution < -0.4 is 10.5 Å². The van der Waals surface area contributed by atoms with Crippen LogP contribution >= 0.6 is 0 Å². The molecule has 0 spiro atoms. The van der Waals surface area contributed by atoms with Gasteiger partial charge in [-0.3, -0.25) is 5.41 Å². The molecule has 0 aliphatic heterocycles. The average molecular weight is 268 g/mol. The quantitative estimate of drug-likeness (QED) is 0.290. The number of ether oxygens (including phenoxy) is 1. The first-order valence-corrected chi connectivity index (χ1v) is 4.83. The first-order valence-electron chi connectivity index (χ1n) is 4.83. The van der Waals surface area contributed by atoms with E-state index in [9.17, 15) is 22.0 Å². The Labute approximate surface area is 98.9 Å². The molecule has 0 aromatic heterocycles. The van der Waals surface area contributed by atoms with E-state index in [-0.39, 0.29) is 6.42 Å². The number of halogens is 5. The molecule has 3 N–H and O–H groups in total. The number of amidine groups is 1. The lowest BCUT2D eigenvalue weighted by Crippen LogP contribution is -2.33. The molecule has 0 aliphatic carbocycles. The summed E-state index contributed by atoms with van der Waals surface area (Å²) in [6, 6.07) is 0. The van der Waals surface area contributed by atoms with Crippen molar-refractivity contribution in [3.8, 4) is 5.75 Å². The minimum Gasteiger partial charge on any atom is -0.476 e. The maximum absolute atomic E-state index is 13.2. The minimum absolute atomic E-state index is 0.0365. The molecule has 3 nitrogen and oxygen atoms in total. The van der Waals surface area contributed by atoms with Crippen LogP contribution in [-0.4, -0.2) is 11.9 Å². The van der Waals surface area contributed by atoms with Crippen molar-refractivity contribution in [1.29, 1.82) is 5.41 Å². The van der Waals surface area contributed by atoms with E-state index in [0.29, 0.717) is 0 Å². The Balaban J connectivity index is 3.29. The summed E-state index contributed by atoms with van der Waals surface area (Å²) in [5.41, 5.74) is 5.05. The minimum atomic E-state index is -2.27. The van der Waals surface area contributed by atoms with Gasteiger partial charge in [-0.2, -0.15) is 8.78 Å². The van der Waals surface area contributed by atoms with Crippen molar-refractivity contribution in [2.75, 3.05) is 0 Å². The predicted octanol–water partition coefficient (Wildman–Crippen LogP) is 2.48. The first kappa shape index (κ1) is 14.2. The van der Waals surface area contributed by atoms with E-state index in [1.807, 2.05) is 0 Å². The summed E-state index contributed by atoms with van der Waals surface area (Å²) in [7, 11) is 0. The van der Waals surface area contributed by atoms with Gasteiger partial charge >= 0.3 is 0 Å². The monoisotopic (exact) mass is 268 g/mol. The van der Waals surface area contributed by atoms with E-state index in [1.165, 1.54) is 6.92 Å². The average Bonchev–Trinajstić information content (AvgIpc) is 2.34. The lowest BCUT2D eigenvalue weighted by atomic mass is 10.2. The molecule has 1 unspecified atom stereocenters. The second-order valence-corrected chi connectivity index (χ2v) is 3.37. The normalized spacial score (nSPS) is 12.3. The maximum Gasteiger partial charge on any atom is 0.207 e. The van der Waals surface area contributed by atoms with Crippen LogP contribution in [0.4, 0.5) is 22.0 Å². The second-order valence-electron chi connectivity index (χ2n) is 3.37. The first-order chi connectivity index (χ1) is 8.31. The van der Waals surface area contributed by atoms with Gasteiger partial charge in [0.2, 0.25) is 29.1 Å². The van der Waals surface area contributed by atoms with Gasteiger partial charge in [0.05, 0.1) is 0 Å². The summed E-state index contributed by atoms with van der Waals surface area (Å²) >= 11 is 0. The molecule has 1 aromatic rings. The smallest absolute Gasteiger partial charge is 0.207 e. The summed E-state index contributed by atoms with van der Waals surface area (Å²) < 4.78 is 69.4. The van der Waals surface area contributed by atoms with E-state index in [1.54, 1.807) is 0 Å². The van der Waals surface area contributed by atoms with Crippen molar-refractivity contribution in [3.63, 3.8) is 0 Å². The molecule has 18 heavy (non-hydrogen) atoms. The van der Waals surface area contributed by atoms with E-state index in [4.69, 9.17) is 11.1 Å². The Morgan fingerprint density at radius 3 is 1.78 bits per heavy atom. The van der Waals surface area contributed by atoms with E-state index in [0.717, 1.165) is 0 Å². The highest BCUT2D eigenvalue weighted by atomic mass is 19.2. The molecule has 1 rings (SSSR count). The molecule has 1 atom stereocenters. The Morgan fingerprint density at radius 1 is 1.06 bits per heavy atom. The molecule has 0 heterocycles. The predicted molar refractivity (Wildman–Crippen MR) is 52.9 cm³/mol. The van der Waals surface area contributed by atoms with Crippen molar-refractivity contribution in [3.05, 3.63) is 29.1 Å². The zero-order valence-electron chi connectivity index (χ0n) is 9.16. The molecule has 0 bridgehead atoms. The molecule has 0 radical (unpaired) electrons. The molecule has 8 heteroatoms. The van der Waals surface area contributed by atoms with Crippen LogP contribution in [0.15, 0.2) is 0 Å². The molecule has 0 saturated carbocycles. The highest BCUT2D eigenvalue weighted by Gasteiger charge is 2.28. The van der Waals surface area contributed by atoms with Gasteiger partial charge in [-0.25, -0.2) is 13.2 Å². The number of nitrogens with one attached hydrogen (secondary N) is 1. The Morgan fingerprint density at radius 2 is 1.44 bits per heavy atom. The molecule has 100 valence electrons. The SMILES string of the molecule is CCC(Oc1c(F)c(F)c(F)c(F)c1F)C(=N)N. The number of hydrogen-bond acceptors (Lipinski definition) is 2. The topological polar surface area (TPSA) is 59.1 Å². The van der Waals surface area contributed by atoms with Gasteiger partial charge in [0.25, 0.3) is 0 Å². The van der Waals surface area contributed by atoms with E-state index < -0.39 is 46.8 Å². The largest absolute Gasteiger partial charge is 0.476 e. The molecule has 0 saturated heterocycles. The standard InChI is InChI=1S/C10H9F5N2O/c1-2-3(10(16)17)18-9-7(14)5(12)4(11)6(13)8(9)15/h3H,2H2,1H3,(H3,16,17). The summed E-state index contributed by atoms with van der Waals surface area (Å²) in [5, 5.41) is 7.04. The third-order valence-electron chi connectivity index (χ3n) is 2.15. The van der Waals surface area contributed by atoms with Crippen LogP contribution in [0.5, 0.6) is 5.75 Å². The van der Waals surface area contributed by atoms with Crippen molar-refractivity contribution in [2.45, 2.75) is 19.4 Å². The summed E-state index contributed by atoms with van der Waals surface area (Å²) in [6.07, 6.45) is -1.23. The van der Waals surface area contributed by atoms with Crippen molar-refractivity contribution < 1.29 is 26.7 Å². The van der Waals surface area contributed by atoms with Crippen molar-refractivity contribution in [1.82, 2.24) is 0 Å². The summed E-state index contributed by atoms with van der Waals surface area (Å²) in [6.45, 7) is 1.47. The number of benzene rings is 1. The van der Waals surface area contributed by atoms with Gasteiger partial charge < -0.3 is 10.5 Å². The van der Waals surface area contributed by atoms with Crippen molar-refractivity contribution >= 4 is 5.84 Å². The zero-order valence-corrected chi connectivity index (χ0v) is 9.16. The fourth-order valence-corrected chi connectivity index (χ4v) is 1.20. The fourth-order valence-electron chi connectivity index (χ4n) is 1.20.